The first kappa shape index (κ1) is 9.16. The molecule has 0 bridgehead atoms. The zero-order valence-corrected chi connectivity index (χ0v) is 6.84. The van der Waals surface area contributed by atoms with Crippen LogP contribution in [0.3, 0.4) is 0 Å². The van der Waals surface area contributed by atoms with E-state index in [1.807, 2.05) is 0 Å². The second kappa shape index (κ2) is 4.85. The minimum absolute atomic E-state index is 0.195. The summed E-state index contributed by atoms with van der Waals surface area (Å²) in [7, 11) is 0. The molecule has 13 heavy (non-hydrogen) atoms. The van der Waals surface area contributed by atoms with Crippen LogP contribution in [0, 0.1) is 23.7 Å². The Hall–Kier alpha value is -1.93. The van der Waals surface area contributed by atoms with Crippen LogP contribution < -0.4 is 0 Å². The Bertz CT molecular complexity index is 384. The van der Waals surface area contributed by atoms with Crippen molar-refractivity contribution in [2.24, 2.45) is 0 Å². The summed E-state index contributed by atoms with van der Waals surface area (Å²) in [6.45, 7) is -0.676. The SMILES string of the molecule is Oc1ccc(C#CC#CCF)cc1. The van der Waals surface area contributed by atoms with Crippen molar-refractivity contribution >= 4 is 0 Å². The van der Waals surface area contributed by atoms with Crippen LogP contribution in [0.1, 0.15) is 5.56 Å². The zero-order valence-electron chi connectivity index (χ0n) is 6.84. The van der Waals surface area contributed by atoms with Crippen molar-refractivity contribution in [2.75, 3.05) is 6.67 Å². The Morgan fingerprint density at radius 2 is 1.85 bits per heavy atom. The molecule has 1 nitrogen and oxygen atoms in total. The predicted molar refractivity (Wildman–Crippen MR) is 48.7 cm³/mol. The number of hydrogen-bond donors (Lipinski definition) is 1. The van der Waals surface area contributed by atoms with E-state index in [0.717, 1.165) is 5.56 Å². The standard InChI is InChI=1S/C11H7FO/c12-9-3-1-2-4-10-5-7-11(13)8-6-10/h5-8,13H,9H2. The molecular weight excluding hydrogens is 167 g/mol. The molecule has 0 aliphatic heterocycles. The molecular formula is C11H7FO. The second-order valence-electron chi connectivity index (χ2n) is 2.23. The van der Waals surface area contributed by atoms with E-state index in [4.69, 9.17) is 5.11 Å². The number of rotatable bonds is 0. The van der Waals surface area contributed by atoms with Gasteiger partial charge >= 0.3 is 0 Å². The maximum absolute atomic E-state index is 11.5. The van der Waals surface area contributed by atoms with Crippen LogP contribution in [0.2, 0.25) is 0 Å². The van der Waals surface area contributed by atoms with Crippen LogP contribution in [-0.4, -0.2) is 11.8 Å². The average molecular weight is 174 g/mol. The molecule has 0 saturated carbocycles. The minimum atomic E-state index is -0.676. The Labute approximate surface area is 76.2 Å². The van der Waals surface area contributed by atoms with Crippen LogP contribution in [0.4, 0.5) is 4.39 Å². The number of aromatic hydroxyl groups is 1. The third-order valence-corrected chi connectivity index (χ3v) is 1.29. The molecule has 0 unspecified atom stereocenters. The fraction of sp³-hybridized carbons (Fsp3) is 0.0909. The summed E-state index contributed by atoms with van der Waals surface area (Å²) >= 11 is 0. The first-order valence-electron chi connectivity index (χ1n) is 3.67. The lowest BCUT2D eigenvalue weighted by molar-refractivity contribution is 0.475. The predicted octanol–water partition coefficient (Wildman–Crippen LogP) is 1.72. The van der Waals surface area contributed by atoms with Gasteiger partial charge in [0, 0.05) is 5.56 Å². The number of alkyl halides is 1. The van der Waals surface area contributed by atoms with Gasteiger partial charge in [-0.05, 0) is 36.1 Å². The number of phenolic OH excluding ortho intramolecular Hbond substituents is 1. The van der Waals surface area contributed by atoms with E-state index in [1.165, 1.54) is 12.1 Å². The summed E-state index contributed by atoms with van der Waals surface area (Å²) in [6.07, 6.45) is 0. The molecule has 1 N–H and O–H groups in total. The van der Waals surface area contributed by atoms with Gasteiger partial charge in [0.1, 0.15) is 5.75 Å². The van der Waals surface area contributed by atoms with Gasteiger partial charge in [0.05, 0.1) is 0 Å². The third kappa shape index (κ3) is 3.31. The van der Waals surface area contributed by atoms with Gasteiger partial charge in [0.2, 0.25) is 0 Å². The van der Waals surface area contributed by atoms with Crippen LogP contribution in [0.15, 0.2) is 24.3 Å². The van der Waals surface area contributed by atoms with Gasteiger partial charge in [-0.1, -0.05) is 11.8 Å². The summed E-state index contributed by atoms with van der Waals surface area (Å²) in [4.78, 5) is 0. The van der Waals surface area contributed by atoms with E-state index in [9.17, 15) is 4.39 Å². The zero-order chi connectivity index (χ0) is 9.52. The average Bonchev–Trinajstić information content (AvgIpc) is 2.15. The van der Waals surface area contributed by atoms with E-state index in [-0.39, 0.29) is 5.75 Å². The molecule has 1 aromatic carbocycles. The lowest BCUT2D eigenvalue weighted by atomic mass is 10.2. The highest BCUT2D eigenvalue weighted by Crippen LogP contribution is 2.07. The van der Waals surface area contributed by atoms with Crippen molar-refractivity contribution in [3.8, 4) is 29.4 Å². The molecule has 0 amide bonds. The van der Waals surface area contributed by atoms with Crippen molar-refractivity contribution in [2.45, 2.75) is 0 Å². The van der Waals surface area contributed by atoms with E-state index in [2.05, 4.69) is 23.7 Å². The first-order chi connectivity index (χ1) is 6.33. The summed E-state index contributed by atoms with van der Waals surface area (Å²) in [5, 5.41) is 8.94. The fourth-order valence-corrected chi connectivity index (χ4v) is 0.726. The smallest absolute Gasteiger partial charge is 0.151 e. The van der Waals surface area contributed by atoms with Gasteiger partial charge in [-0.15, -0.1) is 0 Å². The fourth-order valence-electron chi connectivity index (χ4n) is 0.726. The minimum Gasteiger partial charge on any atom is -0.508 e. The lowest BCUT2D eigenvalue weighted by Crippen LogP contribution is -1.71. The maximum Gasteiger partial charge on any atom is 0.151 e. The quantitative estimate of drug-likeness (QED) is 0.594. The van der Waals surface area contributed by atoms with Crippen molar-refractivity contribution in [3.63, 3.8) is 0 Å². The molecule has 64 valence electrons. The number of phenols is 1. The Balaban J connectivity index is 2.72. The van der Waals surface area contributed by atoms with E-state index in [0.29, 0.717) is 0 Å². The summed E-state index contributed by atoms with van der Waals surface area (Å²) in [6, 6.07) is 6.40. The molecule has 0 spiro atoms. The normalized spacial score (nSPS) is 7.77. The first-order valence-corrected chi connectivity index (χ1v) is 3.67. The monoisotopic (exact) mass is 174 g/mol. The highest BCUT2D eigenvalue weighted by atomic mass is 19.1. The van der Waals surface area contributed by atoms with Crippen molar-refractivity contribution in [3.05, 3.63) is 29.8 Å². The summed E-state index contributed by atoms with van der Waals surface area (Å²) in [5.74, 6) is 9.93. The van der Waals surface area contributed by atoms with Crippen molar-refractivity contribution in [1.29, 1.82) is 0 Å². The van der Waals surface area contributed by atoms with Gasteiger partial charge in [0.15, 0.2) is 6.67 Å². The van der Waals surface area contributed by atoms with Gasteiger partial charge in [-0.2, -0.15) is 0 Å². The Morgan fingerprint density at radius 1 is 1.15 bits per heavy atom. The highest BCUT2D eigenvalue weighted by molar-refractivity contribution is 5.41. The van der Waals surface area contributed by atoms with Crippen molar-refractivity contribution < 1.29 is 9.50 Å². The maximum atomic E-state index is 11.5. The molecule has 0 fully saturated rings. The number of benzene rings is 1. The van der Waals surface area contributed by atoms with E-state index < -0.39 is 6.67 Å². The number of hydrogen-bond acceptors (Lipinski definition) is 1. The molecule has 0 heterocycles. The largest absolute Gasteiger partial charge is 0.508 e. The van der Waals surface area contributed by atoms with Gasteiger partial charge in [-0.25, -0.2) is 4.39 Å². The molecule has 2 heteroatoms. The van der Waals surface area contributed by atoms with Gasteiger partial charge in [-0.3, -0.25) is 0 Å². The molecule has 0 aliphatic rings. The van der Waals surface area contributed by atoms with Crippen LogP contribution >= 0.6 is 0 Å². The van der Waals surface area contributed by atoms with Gasteiger partial charge < -0.3 is 5.11 Å². The van der Waals surface area contributed by atoms with Crippen LogP contribution in [-0.2, 0) is 0 Å². The highest BCUT2D eigenvalue weighted by Gasteiger charge is 1.85. The summed E-state index contributed by atoms with van der Waals surface area (Å²) in [5.41, 5.74) is 0.742. The molecule has 0 saturated heterocycles. The summed E-state index contributed by atoms with van der Waals surface area (Å²) < 4.78 is 11.5. The molecule has 0 aromatic heterocycles. The Kier molecular flexibility index (Phi) is 3.42. The van der Waals surface area contributed by atoms with E-state index in [1.54, 1.807) is 12.1 Å². The molecule has 0 radical (unpaired) electrons. The third-order valence-electron chi connectivity index (χ3n) is 1.29. The topological polar surface area (TPSA) is 20.2 Å². The second-order valence-corrected chi connectivity index (χ2v) is 2.23. The molecule has 0 aliphatic carbocycles. The van der Waals surface area contributed by atoms with E-state index >= 15 is 0 Å². The lowest BCUT2D eigenvalue weighted by Gasteiger charge is -1.89. The molecule has 1 aromatic rings. The van der Waals surface area contributed by atoms with Crippen LogP contribution in [0.5, 0.6) is 5.75 Å². The van der Waals surface area contributed by atoms with Crippen LogP contribution in [0.25, 0.3) is 0 Å². The molecule has 1 rings (SSSR count). The van der Waals surface area contributed by atoms with Crippen molar-refractivity contribution in [1.82, 2.24) is 0 Å². The van der Waals surface area contributed by atoms with Gasteiger partial charge in [0.25, 0.3) is 0 Å². The Morgan fingerprint density at radius 3 is 2.46 bits per heavy atom. The molecule has 0 atom stereocenters. The number of halogens is 1.